The van der Waals surface area contributed by atoms with Crippen molar-refractivity contribution in [2.24, 2.45) is 0 Å². The first kappa shape index (κ1) is 10.2. The SMILES string of the molecule is [C-]#[N+]c1ccc(Cl)cc1Cc1cccs1. The number of benzene rings is 1. The maximum Gasteiger partial charge on any atom is 0.190 e. The van der Waals surface area contributed by atoms with E-state index in [1.165, 1.54) is 4.88 Å². The van der Waals surface area contributed by atoms with Crippen LogP contribution in [0.5, 0.6) is 0 Å². The van der Waals surface area contributed by atoms with Crippen LogP contribution in [0.3, 0.4) is 0 Å². The van der Waals surface area contributed by atoms with Crippen LogP contribution in [0, 0.1) is 6.57 Å². The fraction of sp³-hybridized carbons (Fsp3) is 0.0833. The molecule has 0 fully saturated rings. The standard InChI is InChI=1S/C12H8ClNS/c1-14-12-5-4-10(13)7-9(12)8-11-3-2-6-15-11/h2-7H,8H2. The van der Waals surface area contributed by atoms with Gasteiger partial charge in [0, 0.05) is 9.90 Å². The summed E-state index contributed by atoms with van der Waals surface area (Å²) in [5.41, 5.74) is 1.69. The molecule has 0 unspecified atom stereocenters. The Kier molecular flexibility index (Phi) is 3.05. The zero-order valence-corrected chi connectivity index (χ0v) is 9.48. The van der Waals surface area contributed by atoms with Gasteiger partial charge < -0.3 is 0 Å². The van der Waals surface area contributed by atoms with Gasteiger partial charge in [0.1, 0.15) is 0 Å². The first-order chi connectivity index (χ1) is 7.29. The highest BCUT2D eigenvalue weighted by Gasteiger charge is 2.04. The molecule has 0 aliphatic carbocycles. The summed E-state index contributed by atoms with van der Waals surface area (Å²) >= 11 is 7.61. The Labute approximate surface area is 97.8 Å². The van der Waals surface area contributed by atoms with E-state index in [2.05, 4.69) is 10.9 Å². The number of halogens is 1. The quantitative estimate of drug-likeness (QED) is 0.671. The van der Waals surface area contributed by atoms with Crippen molar-refractivity contribution < 1.29 is 0 Å². The second-order valence-corrected chi connectivity index (χ2v) is 4.61. The average Bonchev–Trinajstić information content (AvgIpc) is 2.71. The number of nitrogens with zero attached hydrogens (tertiary/aromatic N) is 1. The Morgan fingerprint density at radius 2 is 2.20 bits per heavy atom. The third-order valence-corrected chi connectivity index (χ3v) is 3.22. The van der Waals surface area contributed by atoms with E-state index in [-0.39, 0.29) is 0 Å². The normalized spacial score (nSPS) is 9.87. The Morgan fingerprint density at radius 3 is 2.87 bits per heavy atom. The second kappa shape index (κ2) is 4.48. The van der Waals surface area contributed by atoms with E-state index in [1.54, 1.807) is 23.5 Å². The molecule has 0 saturated carbocycles. The fourth-order valence-electron chi connectivity index (χ4n) is 1.41. The van der Waals surface area contributed by atoms with Gasteiger partial charge >= 0.3 is 0 Å². The Bertz CT molecular complexity index is 497. The summed E-state index contributed by atoms with van der Waals surface area (Å²) < 4.78 is 0. The Hall–Kier alpha value is -1.30. The van der Waals surface area contributed by atoms with Gasteiger partial charge in [-0.15, -0.1) is 11.3 Å². The van der Waals surface area contributed by atoms with Crippen LogP contribution in [0.1, 0.15) is 10.4 Å². The lowest BCUT2D eigenvalue weighted by molar-refractivity contribution is 1.25. The molecule has 15 heavy (non-hydrogen) atoms. The topological polar surface area (TPSA) is 4.36 Å². The minimum Gasteiger partial charge on any atom is -0.238 e. The third-order valence-electron chi connectivity index (χ3n) is 2.11. The zero-order valence-electron chi connectivity index (χ0n) is 7.90. The van der Waals surface area contributed by atoms with Crippen LogP contribution in [0.25, 0.3) is 4.85 Å². The van der Waals surface area contributed by atoms with Gasteiger partial charge in [-0.3, -0.25) is 0 Å². The lowest BCUT2D eigenvalue weighted by Gasteiger charge is -2.02. The minimum absolute atomic E-state index is 0.688. The molecule has 0 aliphatic rings. The highest BCUT2D eigenvalue weighted by Crippen LogP contribution is 2.26. The summed E-state index contributed by atoms with van der Waals surface area (Å²) in [4.78, 5) is 4.74. The zero-order chi connectivity index (χ0) is 10.7. The Balaban J connectivity index is 2.35. The van der Waals surface area contributed by atoms with Gasteiger partial charge in [0.25, 0.3) is 0 Å². The summed E-state index contributed by atoms with van der Waals surface area (Å²) in [6, 6.07) is 9.49. The van der Waals surface area contributed by atoms with E-state index in [9.17, 15) is 0 Å². The predicted molar refractivity (Wildman–Crippen MR) is 64.8 cm³/mol. The summed E-state index contributed by atoms with van der Waals surface area (Å²) in [6.07, 6.45) is 0.788. The molecule has 0 spiro atoms. The van der Waals surface area contributed by atoms with E-state index in [0.717, 1.165) is 12.0 Å². The van der Waals surface area contributed by atoms with Crippen molar-refractivity contribution in [3.63, 3.8) is 0 Å². The molecule has 0 N–H and O–H groups in total. The van der Waals surface area contributed by atoms with Gasteiger partial charge in [0.15, 0.2) is 5.69 Å². The summed E-state index contributed by atoms with van der Waals surface area (Å²) in [6.45, 7) is 7.07. The number of hydrogen-bond acceptors (Lipinski definition) is 1. The average molecular weight is 234 g/mol. The van der Waals surface area contributed by atoms with Crippen molar-refractivity contribution >= 4 is 28.6 Å². The molecule has 1 nitrogen and oxygen atoms in total. The molecular weight excluding hydrogens is 226 g/mol. The predicted octanol–water partition coefficient (Wildman–Crippen LogP) is 4.54. The molecule has 74 valence electrons. The molecule has 0 bridgehead atoms. The van der Waals surface area contributed by atoms with Crippen molar-refractivity contribution in [3.05, 3.63) is 62.6 Å². The number of thiophene rings is 1. The van der Waals surface area contributed by atoms with E-state index in [4.69, 9.17) is 18.2 Å². The first-order valence-corrected chi connectivity index (χ1v) is 5.73. The molecule has 0 atom stereocenters. The summed E-state index contributed by atoms with van der Waals surface area (Å²) in [5.74, 6) is 0. The second-order valence-electron chi connectivity index (χ2n) is 3.14. The van der Waals surface area contributed by atoms with Crippen LogP contribution in [0.15, 0.2) is 35.7 Å². The van der Waals surface area contributed by atoms with E-state index in [1.807, 2.05) is 17.5 Å². The first-order valence-electron chi connectivity index (χ1n) is 4.48. The molecule has 1 heterocycles. The lowest BCUT2D eigenvalue weighted by atomic mass is 10.1. The van der Waals surface area contributed by atoms with Gasteiger partial charge in [-0.2, -0.15) is 0 Å². The third kappa shape index (κ3) is 2.38. The molecule has 0 aliphatic heterocycles. The number of rotatable bonds is 2. The van der Waals surface area contributed by atoms with Crippen LogP contribution >= 0.6 is 22.9 Å². The molecular formula is C12H8ClNS. The van der Waals surface area contributed by atoms with Crippen molar-refractivity contribution in [1.82, 2.24) is 0 Å². The van der Waals surface area contributed by atoms with E-state index < -0.39 is 0 Å². The largest absolute Gasteiger partial charge is 0.238 e. The lowest BCUT2D eigenvalue weighted by Crippen LogP contribution is -1.84. The summed E-state index contributed by atoms with van der Waals surface area (Å²) in [5, 5.41) is 2.73. The highest BCUT2D eigenvalue weighted by molar-refractivity contribution is 7.09. The van der Waals surface area contributed by atoms with Crippen molar-refractivity contribution in [2.75, 3.05) is 0 Å². The molecule has 2 aromatic rings. The van der Waals surface area contributed by atoms with Gasteiger partial charge in [-0.05, 0) is 23.4 Å². The maximum atomic E-state index is 7.07. The molecule has 1 aromatic heterocycles. The van der Waals surface area contributed by atoms with Crippen molar-refractivity contribution in [3.8, 4) is 0 Å². The number of hydrogen-bond donors (Lipinski definition) is 0. The Morgan fingerprint density at radius 1 is 1.33 bits per heavy atom. The minimum atomic E-state index is 0.688. The molecule has 3 heteroatoms. The smallest absolute Gasteiger partial charge is 0.190 e. The van der Waals surface area contributed by atoms with Crippen LogP contribution in [-0.4, -0.2) is 0 Å². The fourth-order valence-corrected chi connectivity index (χ4v) is 2.33. The monoisotopic (exact) mass is 233 g/mol. The van der Waals surface area contributed by atoms with Crippen LogP contribution < -0.4 is 0 Å². The molecule has 2 rings (SSSR count). The van der Waals surface area contributed by atoms with Crippen molar-refractivity contribution in [2.45, 2.75) is 6.42 Å². The molecule has 0 radical (unpaired) electrons. The van der Waals surface area contributed by atoms with Gasteiger partial charge in [0.2, 0.25) is 0 Å². The van der Waals surface area contributed by atoms with E-state index >= 15 is 0 Å². The van der Waals surface area contributed by atoms with Crippen LogP contribution in [0.4, 0.5) is 5.69 Å². The highest BCUT2D eigenvalue weighted by atomic mass is 35.5. The van der Waals surface area contributed by atoms with E-state index in [0.29, 0.717) is 10.7 Å². The van der Waals surface area contributed by atoms with Crippen LogP contribution in [0.2, 0.25) is 5.02 Å². The van der Waals surface area contributed by atoms with Gasteiger partial charge in [-0.25, -0.2) is 4.85 Å². The van der Waals surface area contributed by atoms with Crippen molar-refractivity contribution in [1.29, 1.82) is 0 Å². The summed E-state index contributed by atoms with van der Waals surface area (Å²) in [7, 11) is 0. The molecule has 0 saturated heterocycles. The molecule has 0 amide bonds. The van der Waals surface area contributed by atoms with Crippen LogP contribution in [-0.2, 0) is 6.42 Å². The molecule has 1 aromatic carbocycles. The van der Waals surface area contributed by atoms with Gasteiger partial charge in [0.05, 0.1) is 6.57 Å². The van der Waals surface area contributed by atoms with Gasteiger partial charge in [-0.1, -0.05) is 35.9 Å². The maximum absolute atomic E-state index is 7.07.